The molecule has 1 amide bonds. The smallest absolute Gasteiger partial charge is 0.243 e. The number of sulfonamides is 1. The Kier molecular flexibility index (Phi) is 6.73. The van der Waals surface area contributed by atoms with Gasteiger partial charge in [0.2, 0.25) is 15.9 Å². The maximum Gasteiger partial charge on any atom is 0.243 e. The Balaban J connectivity index is 1.35. The minimum Gasteiger partial charge on any atom is -0.308 e. The largest absolute Gasteiger partial charge is 0.308 e. The number of nitrogens with zero attached hydrogens (tertiary/aromatic N) is 3. The molecule has 4 rings (SSSR count). The molecule has 1 aliphatic rings. The van der Waals surface area contributed by atoms with Crippen LogP contribution < -0.4 is 5.32 Å². The Morgan fingerprint density at radius 3 is 2.41 bits per heavy atom. The molecule has 0 saturated carbocycles. The number of aromatic nitrogens is 2. The van der Waals surface area contributed by atoms with Crippen LogP contribution >= 0.6 is 15.9 Å². The second kappa shape index (κ2) is 9.51. The standard InChI is InChI=1S/C22H22BrFN4O3S/c23-20-15-27(14-16-6-8-18(24)9-7-16)26-21(20)25-22(29)17-10-12-28(13-11-17)32(30,31)19-4-2-1-3-5-19/h1-9,15,17H,10-14H2,(H,25,26,29). The van der Waals surface area contributed by atoms with Gasteiger partial charge < -0.3 is 5.32 Å². The highest BCUT2D eigenvalue weighted by Crippen LogP contribution is 2.26. The number of hydrogen-bond acceptors (Lipinski definition) is 4. The van der Waals surface area contributed by atoms with Crippen molar-refractivity contribution >= 4 is 37.7 Å². The van der Waals surface area contributed by atoms with Gasteiger partial charge in [0.15, 0.2) is 5.82 Å². The number of anilines is 1. The van der Waals surface area contributed by atoms with Gasteiger partial charge in [0, 0.05) is 25.2 Å². The summed E-state index contributed by atoms with van der Waals surface area (Å²) >= 11 is 3.41. The monoisotopic (exact) mass is 520 g/mol. The number of hydrogen-bond donors (Lipinski definition) is 1. The number of carbonyl (C=O) groups excluding carboxylic acids is 1. The van der Waals surface area contributed by atoms with Crippen molar-refractivity contribution in [3.8, 4) is 0 Å². The van der Waals surface area contributed by atoms with Gasteiger partial charge in [-0.05, 0) is 58.6 Å². The first-order valence-corrected chi connectivity index (χ1v) is 12.4. The summed E-state index contributed by atoms with van der Waals surface area (Å²) in [5.74, 6) is -0.386. The fraction of sp³-hybridized carbons (Fsp3) is 0.273. The molecule has 2 heterocycles. The molecule has 0 unspecified atom stereocenters. The number of piperidine rings is 1. The van der Waals surface area contributed by atoms with E-state index in [1.807, 2.05) is 0 Å². The Morgan fingerprint density at radius 2 is 1.75 bits per heavy atom. The minimum atomic E-state index is -3.55. The highest BCUT2D eigenvalue weighted by molar-refractivity contribution is 9.10. The molecule has 2 aromatic carbocycles. The zero-order valence-corrected chi connectivity index (χ0v) is 19.5. The van der Waals surface area contributed by atoms with Gasteiger partial charge in [0.05, 0.1) is 15.9 Å². The lowest BCUT2D eigenvalue weighted by molar-refractivity contribution is -0.120. The summed E-state index contributed by atoms with van der Waals surface area (Å²) in [7, 11) is -3.55. The second-order valence-electron chi connectivity index (χ2n) is 7.63. The number of halogens is 2. The van der Waals surface area contributed by atoms with Crippen molar-refractivity contribution < 1.29 is 17.6 Å². The molecule has 1 fully saturated rings. The topological polar surface area (TPSA) is 84.3 Å². The van der Waals surface area contributed by atoms with Gasteiger partial charge in [-0.3, -0.25) is 9.48 Å². The SMILES string of the molecule is O=C(Nc1nn(Cc2ccc(F)cc2)cc1Br)C1CCN(S(=O)(=O)c2ccccc2)CC1. The summed E-state index contributed by atoms with van der Waals surface area (Å²) in [6.07, 6.45) is 2.62. The van der Waals surface area contributed by atoms with E-state index in [0.29, 0.717) is 29.7 Å². The number of amides is 1. The van der Waals surface area contributed by atoms with Gasteiger partial charge in [-0.15, -0.1) is 0 Å². The summed E-state index contributed by atoms with van der Waals surface area (Å²) in [6.45, 7) is 1.01. The van der Waals surface area contributed by atoms with Crippen molar-refractivity contribution in [2.24, 2.45) is 5.92 Å². The Morgan fingerprint density at radius 1 is 1.09 bits per heavy atom. The van der Waals surface area contributed by atoms with E-state index in [4.69, 9.17) is 0 Å². The molecule has 0 atom stereocenters. The molecule has 0 aliphatic carbocycles. The van der Waals surface area contributed by atoms with Crippen LogP contribution in [0.1, 0.15) is 18.4 Å². The van der Waals surface area contributed by atoms with E-state index in [1.165, 1.54) is 16.4 Å². The normalized spacial score (nSPS) is 15.6. The molecule has 1 saturated heterocycles. The summed E-state index contributed by atoms with van der Waals surface area (Å²) in [6, 6.07) is 14.5. The van der Waals surface area contributed by atoms with E-state index in [1.54, 1.807) is 53.3 Å². The van der Waals surface area contributed by atoms with Gasteiger partial charge >= 0.3 is 0 Å². The predicted molar refractivity (Wildman–Crippen MR) is 122 cm³/mol. The zero-order valence-electron chi connectivity index (χ0n) is 17.1. The lowest BCUT2D eigenvalue weighted by Gasteiger charge is -2.30. The molecule has 32 heavy (non-hydrogen) atoms. The first-order chi connectivity index (χ1) is 15.3. The Hall–Kier alpha value is -2.56. The quantitative estimate of drug-likeness (QED) is 0.534. The summed E-state index contributed by atoms with van der Waals surface area (Å²) in [5, 5.41) is 7.23. The first-order valence-electron chi connectivity index (χ1n) is 10.2. The molecule has 1 N–H and O–H groups in total. The zero-order chi connectivity index (χ0) is 22.7. The number of carbonyl (C=O) groups is 1. The summed E-state index contributed by atoms with van der Waals surface area (Å²) in [4.78, 5) is 13.0. The first kappa shape index (κ1) is 22.6. The molecular formula is C22H22BrFN4O3S. The molecule has 0 spiro atoms. The van der Waals surface area contributed by atoms with E-state index < -0.39 is 10.0 Å². The van der Waals surface area contributed by atoms with Crippen molar-refractivity contribution in [3.05, 3.63) is 76.6 Å². The lowest BCUT2D eigenvalue weighted by Crippen LogP contribution is -2.41. The molecule has 0 radical (unpaired) electrons. The molecule has 7 nitrogen and oxygen atoms in total. The van der Waals surface area contributed by atoms with Crippen molar-refractivity contribution in [2.45, 2.75) is 24.3 Å². The van der Waals surface area contributed by atoms with Gasteiger partial charge in [-0.25, -0.2) is 12.8 Å². The van der Waals surface area contributed by atoms with Crippen molar-refractivity contribution in [2.75, 3.05) is 18.4 Å². The van der Waals surface area contributed by atoms with Crippen LogP contribution in [-0.4, -0.2) is 41.5 Å². The fourth-order valence-electron chi connectivity index (χ4n) is 3.66. The van der Waals surface area contributed by atoms with Crippen molar-refractivity contribution in [1.29, 1.82) is 0 Å². The van der Waals surface area contributed by atoms with Crippen LogP contribution in [0, 0.1) is 11.7 Å². The minimum absolute atomic E-state index is 0.186. The van der Waals surface area contributed by atoms with Crippen LogP contribution in [0.15, 0.2) is 70.2 Å². The molecule has 10 heteroatoms. The maximum absolute atomic E-state index is 13.1. The van der Waals surface area contributed by atoms with Crippen LogP contribution in [0.2, 0.25) is 0 Å². The Labute approximate surface area is 194 Å². The molecule has 3 aromatic rings. The van der Waals surface area contributed by atoms with E-state index >= 15 is 0 Å². The van der Waals surface area contributed by atoms with Crippen LogP contribution in [0.4, 0.5) is 10.2 Å². The average molecular weight is 521 g/mol. The second-order valence-corrected chi connectivity index (χ2v) is 10.4. The Bertz CT molecular complexity index is 1190. The van der Waals surface area contributed by atoms with Crippen molar-refractivity contribution in [1.82, 2.24) is 14.1 Å². The number of rotatable bonds is 6. The third-order valence-corrected chi connectivity index (χ3v) is 7.92. The van der Waals surface area contributed by atoms with Crippen molar-refractivity contribution in [3.63, 3.8) is 0 Å². The van der Waals surface area contributed by atoms with Gasteiger partial charge in [0.1, 0.15) is 5.82 Å². The molecule has 0 bridgehead atoms. The van der Waals surface area contributed by atoms with Crippen LogP contribution in [0.5, 0.6) is 0 Å². The summed E-state index contributed by atoms with van der Waals surface area (Å²) < 4.78 is 42.3. The third kappa shape index (κ3) is 5.08. The number of nitrogens with one attached hydrogen (secondary N) is 1. The van der Waals surface area contributed by atoms with E-state index in [9.17, 15) is 17.6 Å². The highest BCUT2D eigenvalue weighted by Gasteiger charge is 2.32. The highest BCUT2D eigenvalue weighted by atomic mass is 79.9. The van der Waals surface area contributed by atoms with Crippen LogP contribution in [0.25, 0.3) is 0 Å². The van der Waals surface area contributed by atoms with E-state index in [-0.39, 0.29) is 35.6 Å². The average Bonchev–Trinajstić information content (AvgIpc) is 3.14. The molecule has 1 aliphatic heterocycles. The van der Waals surface area contributed by atoms with Gasteiger partial charge in [-0.2, -0.15) is 9.40 Å². The predicted octanol–water partition coefficient (Wildman–Crippen LogP) is 3.87. The van der Waals surface area contributed by atoms with Crippen LogP contribution in [0.3, 0.4) is 0 Å². The maximum atomic E-state index is 13.1. The molecule has 1 aromatic heterocycles. The fourth-order valence-corrected chi connectivity index (χ4v) is 5.56. The lowest BCUT2D eigenvalue weighted by atomic mass is 9.97. The third-order valence-electron chi connectivity index (χ3n) is 5.42. The van der Waals surface area contributed by atoms with E-state index in [2.05, 4.69) is 26.3 Å². The van der Waals surface area contributed by atoms with Gasteiger partial charge in [0.25, 0.3) is 0 Å². The van der Waals surface area contributed by atoms with Crippen LogP contribution in [-0.2, 0) is 21.4 Å². The summed E-state index contributed by atoms with van der Waals surface area (Å²) in [5.41, 5.74) is 0.881. The number of benzene rings is 2. The van der Waals surface area contributed by atoms with E-state index in [0.717, 1.165) is 5.56 Å². The molecular weight excluding hydrogens is 499 g/mol. The molecule has 168 valence electrons. The van der Waals surface area contributed by atoms with Gasteiger partial charge in [-0.1, -0.05) is 30.3 Å².